The van der Waals surface area contributed by atoms with Crippen LogP contribution in [0.4, 0.5) is 5.69 Å². The van der Waals surface area contributed by atoms with E-state index in [1.165, 1.54) is 0 Å². The number of hydrogen-bond acceptors (Lipinski definition) is 4. The third kappa shape index (κ3) is 2.69. The lowest BCUT2D eigenvalue weighted by atomic mass is 10.3. The molecule has 0 unspecified atom stereocenters. The van der Waals surface area contributed by atoms with Gasteiger partial charge in [0.2, 0.25) is 9.47 Å². The summed E-state index contributed by atoms with van der Waals surface area (Å²) in [7, 11) is 0. The van der Waals surface area contributed by atoms with Gasteiger partial charge >= 0.3 is 0 Å². The fourth-order valence-corrected chi connectivity index (χ4v) is 1.86. The second-order valence-electron chi connectivity index (χ2n) is 2.82. The standard InChI is InChI=1S/C9H5Cl2N3OS/c10-5-1-3-6(4-2-5)12-7(15)8-13-14-9(11)16-8/h1-4H,(H,12,15). The minimum Gasteiger partial charge on any atom is -0.320 e. The lowest BCUT2D eigenvalue weighted by molar-refractivity contribution is 0.102. The van der Waals surface area contributed by atoms with Crippen molar-refractivity contribution in [1.82, 2.24) is 10.2 Å². The maximum Gasteiger partial charge on any atom is 0.286 e. The predicted molar refractivity (Wildman–Crippen MR) is 64.3 cm³/mol. The molecule has 4 nitrogen and oxygen atoms in total. The Morgan fingerprint density at radius 2 is 1.88 bits per heavy atom. The second kappa shape index (κ2) is 4.78. The summed E-state index contributed by atoms with van der Waals surface area (Å²) in [6, 6.07) is 6.76. The van der Waals surface area contributed by atoms with E-state index in [4.69, 9.17) is 23.2 Å². The third-order valence-electron chi connectivity index (χ3n) is 1.70. The van der Waals surface area contributed by atoms with E-state index in [-0.39, 0.29) is 15.4 Å². The van der Waals surface area contributed by atoms with Gasteiger partial charge in [-0.1, -0.05) is 22.9 Å². The number of carbonyl (C=O) groups is 1. The summed E-state index contributed by atoms with van der Waals surface area (Å²) in [6.07, 6.45) is 0. The highest BCUT2D eigenvalue weighted by Crippen LogP contribution is 2.18. The molecule has 0 radical (unpaired) electrons. The van der Waals surface area contributed by atoms with E-state index in [1.54, 1.807) is 24.3 Å². The second-order valence-corrected chi connectivity index (χ2v) is 4.82. The average molecular weight is 274 g/mol. The van der Waals surface area contributed by atoms with Gasteiger partial charge in [-0.25, -0.2) is 0 Å². The minimum absolute atomic E-state index is 0.222. The molecule has 82 valence electrons. The van der Waals surface area contributed by atoms with Crippen LogP contribution in [0.2, 0.25) is 9.49 Å². The van der Waals surface area contributed by atoms with Crippen molar-refractivity contribution in [1.29, 1.82) is 0 Å². The van der Waals surface area contributed by atoms with E-state index in [1.807, 2.05) is 0 Å². The number of nitrogens with one attached hydrogen (secondary N) is 1. The Hall–Kier alpha value is -1.17. The van der Waals surface area contributed by atoms with Gasteiger partial charge in [-0.15, -0.1) is 10.2 Å². The first-order valence-corrected chi connectivity index (χ1v) is 5.78. The van der Waals surface area contributed by atoms with Crippen molar-refractivity contribution >= 4 is 46.1 Å². The minimum atomic E-state index is -0.341. The highest BCUT2D eigenvalue weighted by molar-refractivity contribution is 7.17. The van der Waals surface area contributed by atoms with Gasteiger partial charge in [-0.2, -0.15) is 0 Å². The van der Waals surface area contributed by atoms with E-state index in [2.05, 4.69) is 15.5 Å². The van der Waals surface area contributed by atoms with Gasteiger partial charge < -0.3 is 5.32 Å². The Balaban J connectivity index is 2.10. The molecule has 0 saturated carbocycles. The molecule has 0 aliphatic carbocycles. The smallest absolute Gasteiger partial charge is 0.286 e. The first-order chi connectivity index (χ1) is 7.65. The zero-order chi connectivity index (χ0) is 11.5. The van der Waals surface area contributed by atoms with Crippen LogP contribution in [-0.4, -0.2) is 16.1 Å². The van der Waals surface area contributed by atoms with Gasteiger partial charge in [-0.3, -0.25) is 4.79 Å². The molecule has 1 aromatic carbocycles. The van der Waals surface area contributed by atoms with Crippen molar-refractivity contribution in [3.8, 4) is 0 Å². The number of aromatic nitrogens is 2. The normalized spacial score (nSPS) is 10.1. The highest BCUT2D eigenvalue weighted by Gasteiger charge is 2.11. The number of carbonyl (C=O) groups excluding carboxylic acids is 1. The van der Waals surface area contributed by atoms with E-state index in [0.717, 1.165) is 11.3 Å². The summed E-state index contributed by atoms with van der Waals surface area (Å²) in [5, 5.41) is 10.7. The van der Waals surface area contributed by atoms with Crippen molar-refractivity contribution in [3.63, 3.8) is 0 Å². The predicted octanol–water partition coefficient (Wildman–Crippen LogP) is 3.10. The molecule has 2 aromatic rings. The number of anilines is 1. The molecule has 0 atom stereocenters. The molecule has 0 bridgehead atoms. The van der Waals surface area contributed by atoms with Crippen LogP contribution in [-0.2, 0) is 0 Å². The number of amides is 1. The Morgan fingerprint density at radius 1 is 1.19 bits per heavy atom. The van der Waals surface area contributed by atoms with Gasteiger partial charge in [0.25, 0.3) is 5.91 Å². The van der Waals surface area contributed by atoms with Crippen molar-refractivity contribution in [2.24, 2.45) is 0 Å². The van der Waals surface area contributed by atoms with Crippen molar-refractivity contribution in [2.75, 3.05) is 5.32 Å². The SMILES string of the molecule is O=C(Nc1ccc(Cl)cc1)c1nnc(Cl)s1. The van der Waals surface area contributed by atoms with Gasteiger partial charge in [0.05, 0.1) is 0 Å². The fourth-order valence-electron chi connectivity index (χ4n) is 1.01. The lowest BCUT2D eigenvalue weighted by Gasteiger charge is -2.01. The van der Waals surface area contributed by atoms with Crippen LogP contribution >= 0.6 is 34.5 Å². The van der Waals surface area contributed by atoms with Gasteiger partial charge in [0, 0.05) is 10.7 Å². The summed E-state index contributed by atoms with van der Waals surface area (Å²) in [6.45, 7) is 0. The van der Waals surface area contributed by atoms with E-state index >= 15 is 0 Å². The number of nitrogens with zero attached hydrogens (tertiary/aromatic N) is 2. The molecule has 1 amide bonds. The van der Waals surface area contributed by atoms with Gasteiger partial charge in [0.1, 0.15) is 0 Å². The number of rotatable bonds is 2. The zero-order valence-electron chi connectivity index (χ0n) is 7.78. The topological polar surface area (TPSA) is 54.9 Å². The Labute approximate surface area is 105 Å². The summed E-state index contributed by atoms with van der Waals surface area (Å²) < 4.78 is 0.237. The molecule has 0 spiro atoms. The number of halogens is 2. The van der Waals surface area contributed by atoms with Crippen LogP contribution < -0.4 is 5.32 Å². The van der Waals surface area contributed by atoms with Crippen LogP contribution in [0.5, 0.6) is 0 Å². The summed E-state index contributed by atoms with van der Waals surface area (Å²) >= 11 is 12.3. The maximum absolute atomic E-state index is 11.6. The van der Waals surface area contributed by atoms with Gasteiger partial charge in [-0.05, 0) is 35.9 Å². The number of hydrogen-bond donors (Lipinski definition) is 1. The number of benzene rings is 1. The highest BCUT2D eigenvalue weighted by atomic mass is 35.5. The monoisotopic (exact) mass is 273 g/mol. The maximum atomic E-state index is 11.6. The lowest BCUT2D eigenvalue weighted by Crippen LogP contribution is -2.11. The summed E-state index contributed by atoms with van der Waals surface area (Å²) in [5.41, 5.74) is 0.640. The molecule has 0 saturated heterocycles. The Kier molecular flexibility index (Phi) is 3.38. The summed E-state index contributed by atoms with van der Waals surface area (Å²) in [4.78, 5) is 11.6. The Bertz CT molecular complexity index is 512. The van der Waals surface area contributed by atoms with Gasteiger partial charge in [0.15, 0.2) is 0 Å². The molecule has 0 aliphatic heterocycles. The molecular weight excluding hydrogens is 269 g/mol. The van der Waals surface area contributed by atoms with E-state index < -0.39 is 0 Å². The first-order valence-electron chi connectivity index (χ1n) is 4.21. The van der Waals surface area contributed by atoms with Crippen molar-refractivity contribution in [2.45, 2.75) is 0 Å². The van der Waals surface area contributed by atoms with Crippen molar-refractivity contribution in [3.05, 3.63) is 38.8 Å². The zero-order valence-corrected chi connectivity index (χ0v) is 10.1. The molecule has 16 heavy (non-hydrogen) atoms. The van der Waals surface area contributed by atoms with Crippen LogP contribution in [0.1, 0.15) is 9.80 Å². The van der Waals surface area contributed by atoms with E-state index in [0.29, 0.717) is 10.7 Å². The molecule has 1 heterocycles. The van der Waals surface area contributed by atoms with Crippen molar-refractivity contribution < 1.29 is 4.79 Å². The first kappa shape index (κ1) is 11.3. The largest absolute Gasteiger partial charge is 0.320 e. The molecule has 0 aliphatic rings. The van der Waals surface area contributed by atoms with Crippen LogP contribution in [0.3, 0.4) is 0 Å². The fraction of sp³-hybridized carbons (Fsp3) is 0. The van der Waals surface area contributed by atoms with Crippen LogP contribution in [0, 0.1) is 0 Å². The quantitative estimate of drug-likeness (QED) is 0.915. The Morgan fingerprint density at radius 3 is 2.44 bits per heavy atom. The molecule has 1 aromatic heterocycles. The molecule has 2 rings (SSSR count). The molecular formula is C9H5Cl2N3OS. The van der Waals surface area contributed by atoms with Crippen LogP contribution in [0.25, 0.3) is 0 Å². The molecule has 0 fully saturated rings. The van der Waals surface area contributed by atoms with Crippen LogP contribution in [0.15, 0.2) is 24.3 Å². The van der Waals surface area contributed by atoms with E-state index in [9.17, 15) is 4.79 Å². The third-order valence-corrected chi connectivity index (χ3v) is 2.97. The average Bonchev–Trinajstić information content (AvgIpc) is 2.68. The molecule has 1 N–H and O–H groups in total. The summed E-state index contributed by atoms with van der Waals surface area (Å²) in [5.74, 6) is -0.341. The molecule has 7 heteroatoms.